The summed E-state index contributed by atoms with van der Waals surface area (Å²) in [5.74, 6) is -3.35. The Balaban J connectivity index is 1.84. The van der Waals surface area contributed by atoms with Crippen molar-refractivity contribution in [2.45, 2.75) is 6.04 Å². The van der Waals surface area contributed by atoms with Crippen LogP contribution < -0.4 is 10.6 Å². The molecule has 0 fully saturated rings. The number of halogens is 3. The standard InChI is InChI=1S/C19H15ClF2N4O2/c1-23-19(28)17(11-5-6-15(21)16(22)7-11)25-18(27)12-9-24-26(10-12)14-4-2-3-13(20)8-14/h2-10,17H,1H3,(H,23,28)(H,25,27). The van der Waals surface area contributed by atoms with Crippen LogP contribution in [0.3, 0.4) is 0 Å². The van der Waals surface area contributed by atoms with Crippen molar-refractivity contribution in [2.75, 3.05) is 7.05 Å². The number of hydrogen-bond donors (Lipinski definition) is 2. The monoisotopic (exact) mass is 404 g/mol. The molecule has 9 heteroatoms. The molecule has 0 aliphatic carbocycles. The number of amides is 2. The Bertz CT molecular complexity index is 1040. The van der Waals surface area contributed by atoms with Gasteiger partial charge in [0, 0.05) is 18.3 Å². The average molecular weight is 405 g/mol. The van der Waals surface area contributed by atoms with Gasteiger partial charge in [0.1, 0.15) is 6.04 Å². The molecule has 28 heavy (non-hydrogen) atoms. The number of nitrogens with one attached hydrogen (secondary N) is 2. The first-order valence-electron chi connectivity index (χ1n) is 8.17. The summed E-state index contributed by atoms with van der Waals surface area (Å²) in [6.07, 6.45) is 2.79. The van der Waals surface area contributed by atoms with Gasteiger partial charge in [-0.3, -0.25) is 9.59 Å². The number of likely N-dealkylation sites (N-methyl/N-ethyl adjacent to an activating group) is 1. The summed E-state index contributed by atoms with van der Waals surface area (Å²) in [4.78, 5) is 24.7. The molecule has 1 aromatic heterocycles. The van der Waals surface area contributed by atoms with E-state index in [1.807, 2.05) is 0 Å². The first-order valence-corrected chi connectivity index (χ1v) is 8.55. The Morgan fingerprint density at radius 2 is 1.93 bits per heavy atom. The highest BCUT2D eigenvalue weighted by atomic mass is 35.5. The Labute approximate surface area is 164 Å². The van der Waals surface area contributed by atoms with Crippen LogP contribution in [0.2, 0.25) is 5.02 Å². The van der Waals surface area contributed by atoms with Crippen LogP contribution in [0.25, 0.3) is 5.69 Å². The third kappa shape index (κ3) is 4.17. The molecule has 0 saturated heterocycles. The molecule has 2 amide bonds. The number of benzene rings is 2. The molecule has 144 valence electrons. The first-order chi connectivity index (χ1) is 13.4. The van der Waals surface area contributed by atoms with Crippen molar-refractivity contribution in [1.29, 1.82) is 0 Å². The lowest BCUT2D eigenvalue weighted by atomic mass is 10.1. The maximum absolute atomic E-state index is 13.5. The third-order valence-corrected chi connectivity index (χ3v) is 4.21. The lowest BCUT2D eigenvalue weighted by Gasteiger charge is -2.17. The lowest BCUT2D eigenvalue weighted by Crippen LogP contribution is -2.39. The van der Waals surface area contributed by atoms with Gasteiger partial charge in [-0.2, -0.15) is 5.10 Å². The molecule has 0 aliphatic rings. The van der Waals surface area contributed by atoms with Gasteiger partial charge < -0.3 is 10.6 Å². The van der Waals surface area contributed by atoms with Crippen LogP contribution >= 0.6 is 11.6 Å². The van der Waals surface area contributed by atoms with Gasteiger partial charge in [0.15, 0.2) is 11.6 Å². The molecule has 0 bridgehead atoms. The lowest BCUT2D eigenvalue weighted by molar-refractivity contribution is -0.122. The van der Waals surface area contributed by atoms with E-state index < -0.39 is 29.5 Å². The van der Waals surface area contributed by atoms with Gasteiger partial charge in [0.2, 0.25) is 5.91 Å². The minimum Gasteiger partial charge on any atom is -0.357 e. The maximum Gasteiger partial charge on any atom is 0.255 e. The summed E-state index contributed by atoms with van der Waals surface area (Å²) in [5.41, 5.74) is 0.931. The van der Waals surface area contributed by atoms with Gasteiger partial charge in [-0.05, 0) is 35.9 Å². The van der Waals surface area contributed by atoms with Crippen molar-refractivity contribution in [3.63, 3.8) is 0 Å². The number of hydrogen-bond acceptors (Lipinski definition) is 3. The summed E-state index contributed by atoms with van der Waals surface area (Å²) in [5, 5.41) is 9.51. The van der Waals surface area contributed by atoms with Crippen molar-refractivity contribution in [1.82, 2.24) is 20.4 Å². The Morgan fingerprint density at radius 3 is 2.61 bits per heavy atom. The van der Waals surface area contributed by atoms with E-state index in [4.69, 9.17) is 11.6 Å². The summed E-state index contributed by atoms with van der Waals surface area (Å²) >= 11 is 5.95. The highest BCUT2D eigenvalue weighted by molar-refractivity contribution is 6.30. The molecule has 2 aromatic carbocycles. The molecule has 0 saturated carbocycles. The molecule has 3 rings (SSSR count). The second-order valence-electron chi connectivity index (χ2n) is 5.85. The number of carbonyl (C=O) groups is 2. The smallest absolute Gasteiger partial charge is 0.255 e. The highest BCUT2D eigenvalue weighted by Gasteiger charge is 2.24. The molecular weight excluding hydrogens is 390 g/mol. The summed E-state index contributed by atoms with van der Waals surface area (Å²) in [7, 11) is 1.37. The molecule has 6 nitrogen and oxygen atoms in total. The molecule has 1 atom stereocenters. The highest BCUT2D eigenvalue weighted by Crippen LogP contribution is 2.18. The predicted octanol–water partition coefficient (Wildman–Crippen LogP) is 3.02. The van der Waals surface area contributed by atoms with Gasteiger partial charge in [0.05, 0.1) is 17.4 Å². The zero-order chi connectivity index (χ0) is 20.3. The van der Waals surface area contributed by atoms with E-state index in [1.165, 1.54) is 30.2 Å². The van der Waals surface area contributed by atoms with E-state index in [2.05, 4.69) is 15.7 Å². The summed E-state index contributed by atoms with van der Waals surface area (Å²) in [6, 6.07) is 8.66. The zero-order valence-electron chi connectivity index (χ0n) is 14.6. The minimum absolute atomic E-state index is 0.105. The molecule has 0 spiro atoms. The number of nitrogens with zero attached hydrogens (tertiary/aromatic N) is 2. The van der Waals surface area contributed by atoms with Crippen molar-refractivity contribution in [3.05, 3.63) is 82.6 Å². The number of carbonyl (C=O) groups excluding carboxylic acids is 2. The third-order valence-electron chi connectivity index (χ3n) is 3.98. The fraction of sp³-hybridized carbons (Fsp3) is 0.105. The van der Waals surface area contributed by atoms with Crippen LogP contribution in [0.15, 0.2) is 54.9 Å². The Kier molecular flexibility index (Phi) is 5.70. The van der Waals surface area contributed by atoms with Crippen molar-refractivity contribution >= 4 is 23.4 Å². The Morgan fingerprint density at radius 1 is 1.14 bits per heavy atom. The first kappa shape index (κ1) is 19.5. The van der Waals surface area contributed by atoms with Crippen LogP contribution in [-0.2, 0) is 4.79 Å². The topological polar surface area (TPSA) is 76.0 Å². The van der Waals surface area contributed by atoms with Crippen LogP contribution in [-0.4, -0.2) is 28.6 Å². The Hall–Kier alpha value is -3.26. The fourth-order valence-electron chi connectivity index (χ4n) is 2.55. The van der Waals surface area contributed by atoms with Crippen LogP contribution in [0.1, 0.15) is 22.0 Å². The van der Waals surface area contributed by atoms with E-state index in [0.717, 1.165) is 12.1 Å². The largest absolute Gasteiger partial charge is 0.357 e. The minimum atomic E-state index is -1.21. The average Bonchev–Trinajstić information content (AvgIpc) is 3.18. The maximum atomic E-state index is 13.5. The van der Waals surface area contributed by atoms with E-state index >= 15 is 0 Å². The van der Waals surface area contributed by atoms with Crippen molar-refractivity contribution in [2.24, 2.45) is 0 Å². The molecule has 0 radical (unpaired) electrons. The molecule has 3 aromatic rings. The van der Waals surface area contributed by atoms with Gasteiger partial charge in [-0.1, -0.05) is 23.7 Å². The van der Waals surface area contributed by atoms with Crippen molar-refractivity contribution in [3.8, 4) is 5.69 Å². The quantitative estimate of drug-likeness (QED) is 0.686. The predicted molar refractivity (Wildman–Crippen MR) is 99.2 cm³/mol. The van der Waals surface area contributed by atoms with E-state index in [0.29, 0.717) is 10.7 Å². The van der Waals surface area contributed by atoms with Crippen LogP contribution in [0.5, 0.6) is 0 Å². The molecule has 1 unspecified atom stereocenters. The van der Waals surface area contributed by atoms with E-state index in [-0.39, 0.29) is 11.1 Å². The second kappa shape index (κ2) is 8.18. The zero-order valence-corrected chi connectivity index (χ0v) is 15.4. The van der Waals surface area contributed by atoms with Gasteiger partial charge >= 0.3 is 0 Å². The molecular formula is C19H15ClF2N4O2. The van der Waals surface area contributed by atoms with Gasteiger partial charge in [0.25, 0.3) is 5.91 Å². The number of aromatic nitrogens is 2. The summed E-state index contributed by atoms with van der Waals surface area (Å²) in [6.45, 7) is 0. The van der Waals surface area contributed by atoms with E-state index in [9.17, 15) is 18.4 Å². The van der Waals surface area contributed by atoms with Gasteiger partial charge in [-0.25, -0.2) is 13.5 Å². The van der Waals surface area contributed by atoms with Crippen molar-refractivity contribution < 1.29 is 18.4 Å². The molecule has 2 N–H and O–H groups in total. The molecule has 1 heterocycles. The summed E-state index contributed by atoms with van der Waals surface area (Å²) < 4.78 is 28.2. The second-order valence-corrected chi connectivity index (χ2v) is 6.28. The SMILES string of the molecule is CNC(=O)C(NC(=O)c1cnn(-c2cccc(Cl)c2)c1)c1ccc(F)c(F)c1. The van der Waals surface area contributed by atoms with E-state index in [1.54, 1.807) is 24.3 Å². The molecule has 0 aliphatic heterocycles. The van der Waals surface area contributed by atoms with Crippen LogP contribution in [0.4, 0.5) is 8.78 Å². The van der Waals surface area contributed by atoms with Crippen LogP contribution in [0, 0.1) is 11.6 Å². The number of rotatable bonds is 5. The van der Waals surface area contributed by atoms with Gasteiger partial charge in [-0.15, -0.1) is 0 Å². The fourth-order valence-corrected chi connectivity index (χ4v) is 2.74. The normalized spacial score (nSPS) is 11.7.